The normalized spacial score (nSPS) is 18.3. The Hall–Kier alpha value is -2.62. The number of hydrogen-bond donors (Lipinski definition) is 2. The lowest BCUT2D eigenvalue weighted by Gasteiger charge is -2.26. The summed E-state index contributed by atoms with van der Waals surface area (Å²) < 4.78 is 43.9. The van der Waals surface area contributed by atoms with Crippen molar-refractivity contribution < 1.29 is 32.3 Å². The first kappa shape index (κ1) is 23.7. The largest absolute Gasteiger partial charge is 0.464 e. The van der Waals surface area contributed by atoms with Crippen molar-refractivity contribution in [1.82, 2.24) is 10.6 Å². The summed E-state index contributed by atoms with van der Waals surface area (Å²) >= 11 is 0. The zero-order valence-electron chi connectivity index (χ0n) is 17.3. The number of carbonyl (C=O) groups is 3. The number of anilines is 1. The Balaban J connectivity index is 2.18. The van der Waals surface area contributed by atoms with Gasteiger partial charge in [-0.25, -0.2) is 4.79 Å². The van der Waals surface area contributed by atoms with Crippen LogP contribution in [0.1, 0.15) is 39.7 Å². The second-order valence-corrected chi connectivity index (χ2v) is 7.97. The maximum Gasteiger partial charge on any atom is 0.416 e. The van der Waals surface area contributed by atoms with E-state index in [-0.39, 0.29) is 25.3 Å². The van der Waals surface area contributed by atoms with E-state index >= 15 is 0 Å². The lowest BCUT2D eigenvalue weighted by Crippen LogP contribution is -2.58. The molecule has 2 unspecified atom stereocenters. The summed E-state index contributed by atoms with van der Waals surface area (Å²) in [4.78, 5) is 38.8. The summed E-state index contributed by atoms with van der Waals surface area (Å²) in [5, 5.41) is 5.38. The molecule has 0 bridgehead atoms. The molecule has 2 amide bonds. The molecule has 1 aromatic rings. The molecule has 1 aliphatic rings. The number of alkyl halides is 3. The minimum Gasteiger partial charge on any atom is -0.464 e. The summed E-state index contributed by atoms with van der Waals surface area (Å²) in [6.45, 7) is 7.01. The van der Waals surface area contributed by atoms with E-state index in [4.69, 9.17) is 4.74 Å². The standard InChI is InChI=1S/C20H26F3N3O4/c1-5-30-18(29)15(16(27)25-19(2,3)4)24-14-9-10-26(17(14)28)13-8-6-7-12(11-13)20(21,22)23/h6-8,11,14-15,24H,5,9-10H2,1-4H3,(H,25,27). The van der Waals surface area contributed by atoms with Gasteiger partial charge < -0.3 is 15.0 Å². The Kier molecular flexibility index (Phi) is 7.12. The van der Waals surface area contributed by atoms with E-state index in [0.717, 1.165) is 12.1 Å². The van der Waals surface area contributed by atoms with Crippen LogP contribution < -0.4 is 15.5 Å². The lowest BCUT2D eigenvalue weighted by atomic mass is 10.1. The Bertz CT molecular complexity index is 805. The van der Waals surface area contributed by atoms with Gasteiger partial charge in [0.05, 0.1) is 18.2 Å². The number of nitrogens with one attached hydrogen (secondary N) is 2. The molecule has 166 valence electrons. The lowest BCUT2D eigenvalue weighted by molar-refractivity contribution is -0.150. The molecule has 1 saturated heterocycles. The fraction of sp³-hybridized carbons (Fsp3) is 0.550. The molecule has 2 N–H and O–H groups in total. The van der Waals surface area contributed by atoms with E-state index in [1.165, 1.54) is 17.0 Å². The van der Waals surface area contributed by atoms with E-state index in [1.54, 1.807) is 27.7 Å². The molecule has 7 nitrogen and oxygen atoms in total. The molecule has 2 atom stereocenters. The van der Waals surface area contributed by atoms with Gasteiger partial charge in [0.15, 0.2) is 6.04 Å². The van der Waals surface area contributed by atoms with Crippen LogP contribution >= 0.6 is 0 Å². The highest BCUT2D eigenvalue weighted by molar-refractivity contribution is 6.04. The van der Waals surface area contributed by atoms with Crippen molar-refractivity contribution in [3.63, 3.8) is 0 Å². The molecule has 0 saturated carbocycles. The van der Waals surface area contributed by atoms with Gasteiger partial charge in [-0.1, -0.05) is 6.07 Å². The van der Waals surface area contributed by atoms with Gasteiger partial charge in [0, 0.05) is 17.8 Å². The molecular weight excluding hydrogens is 403 g/mol. The maximum absolute atomic E-state index is 13.0. The number of esters is 1. The van der Waals surface area contributed by atoms with Crippen molar-refractivity contribution >= 4 is 23.5 Å². The van der Waals surface area contributed by atoms with Gasteiger partial charge in [-0.05, 0) is 52.3 Å². The Labute approximate surface area is 172 Å². The zero-order valence-corrected chi connectivity index (χ0v) is 17.3. The quantitative estimate of drug-likeness (QED) is 0.535. The van der Waals surface area contributed by atoms with Gasteiger partial charge in [0.1, 0.15) is 0 Å². The highest BCUT2D eigenvalue weighted by atomic mass is 19.4. The van der Waals surface area contributed by atoms with E-state index in [0.29, 0.717) is 0 Å². The van der Waals surface area contributed by atoms with Gasteiger partial charge in [0.25, 0.3) is 0 Å². The molecule has 1 fully saturated rings. The monoisotopic (exact) mass is 429 g/mol. The number of rotatable bonds is 6. The van der Waals surface area contributed by atoms with Gasteiger partial charge in [0.2, 0.25) is 11.8 Å². The van der Waals surface area contributed by atoms with Gasteiger partial charge in [-0.3, -0.25) is 14.9 Å². The smallest absolute Gasteiger partial charge is 0.416 e. The average molecular weight is 429 g/mol. The molecule has 1 heterocycles. The minimum atomic E-state index is -4.53. The highest BCUT2D eigenvalue weighted by Crippen LogP contribution is 2.32. The molecule has 0 spiro atoms. The number of halogens is 3. The molecular formula is C20H26F3N3O4. The van der Waals surface area contributed by atoms with Crippen molar-refractivity contribution in [3.05, 3.63) is 29.8 Å². The highest BCUT2D eigenvalue weighted by Gasteiger charge is 2.40. The maximum atomic E-state index is 13.0. The molecule has 30 heavy (non-hydrogen) atoms. The third kappa shape index (κ3) is 5.94. The van der Waals surface area contributed by atoms with Crippen LogP contribution in [0.3, 0.4) is 0 Å². The van der Waals surface area contributed by atoms with Crippen molar-refractivity contribution in [3.8, 4) is 0 Å². The first-order valence-electron chi connectivity index (χ1n) is 9.57. The third-order valence-corrected chi connectivity index (χ3v) is 4.34. The number of ether oxygens (including phenoxy) is 1. The number of amides is 2. The third-order valence-electron chi connectivity index (χ3n) is 4.34. The molecule has 1 aromatic carbocycles. The molecule has 1 aliphatic heterocycles. The number of carbonyl (C=O) groups excluding carboxylic acids is 3. The number of benzene rings is 1. The van der Waals surface area contributed by atoms with Crippen molar-refractivity contribution in [2.45, 2.75) is 57.9 Å². The van der Waals surface area contributed by atoms with E-state index in [1.807, 2.05) is 0 Å². The van der Waals surface area contributed by atoms with Gasteiger partial charge in [-0.15, -0.1) is 0 Å². The fourth-order valence-electron chi connectivity index (χ4n) is 3.06. The first-order valence-corrected chi connectivity index (χ1v) is 9.57. The Morgan fingerprint density at radius 1 is 1.27 bits per heavy atom. The first-order chi connectivity index (χ1) is 13.8. The van der Waals surface area contributed by atoms with Crippen LogP contribution in [0.25, 0.3) is 0 Å². The summed E-state index contributed by atoms with van der Waals surface area (Å²) in [5.41, 5.74) is -1.38. The van der Waals surface area contributed by atoms with Crippen LogP contribution in [0.15, 0.2) is 24.3 Å². The molecule has 0 aromatic heterocycles. The molecule has 2 rings (SSSR count). The Morgan fingerprint density at radius 2 is 1.93 bits per heavy atom. The predicted octanol–water partition coefficient (Wildman–Crippen LogP) is 2.25. The summed E-state index contributed by atoms with van der Waals surface area (Å²) in [5.74, 6) is -2.00. The number of nitrogens with zero attached hydrogens (tertiary/aromatic N) is 1. The zero-order chi connectivity index (χ0) is 22.7. The van der Waals surface area contributed by atoms with Crippen molar-refractivity contribution in [2.24, 2.45) is 0 Å². The summed E-state index contributed by atoms with van der Waals surface area (Å²) in [6.07, 6.45) is -4.32. The van der Waals surface area contributed by atoms with Crippen molar-refractivity contribution in [2.75, 3.05) is 18.1 Å². The minimum absolute atomic E-state index is 0.0504. The molecule has 0 aliphatic carbocycles. The van der Waals surface area contributed by atoms with Crippen LogP contribution in [0.2, 0.25) is 0 Å². The average Bonchev–Trinajstić information content (AvgIpc) is 2.98. The summed E-state index contributed by atoms with van der Waals surface area (Å²) in [6, 6.07) is 2.12. The van der Waals surface area contributed by atoms with E-state index in [2.05, 4.69) is 10.6 Å². The predicted molar refractivity (Wildman–Crippen MR) is 104 cm³/mol. The van der Waals surface area contributed by atoms with Gasteiger partial charge >= 0.3 is 12.1 Å². The summed E-state index contributed by atoms with van der Waals surface area (Å²) in [7, 11) is 0. The second kappa shape index (κ2) is 9.03. The van der Waals surface area contributed by atoms with E-state index in [9.17, 15) is 27.6 Å². The van der Waals surface area contributed by atoms with Crippen molar-refractivity contribution in [1.29, 1.82) is 0 Å². The van der Waals surface area contributed by atoms with Crippen LogP contribution in [0.4, 0.5) is 18.9 Å². The van der Waals surface area contributed by atoms with Crippen LogP contribution in [-0.2, 0) is 25.3 Å². The topological polar surface area (TPSA) is 87.7 Å². The van der Waals surface area contributed by atoms with E-state index < -0.39 is 47.1 Å². The Morgan fingerprint density at radius 3 is 2.50 bits per heavy atom. The molecule has 10 heteroatoms. The van der Waals surface area contributed by atoms with Crippen LogP contribution in [0.5, 0.6) is 0 Å². The fourth-order valence-corrected chi connectivity index (χ4v) is 3.06. The SMILES string of the molecule is CCOC(=O)C(NC1CCN(c2cccc(C(F)(F)F)c2)C1=O)C(=O)NC(C)(C)C. The van der Waals surface area contributed by atoms with Crippen LogP contribution in [0, 0.1) is 0 Å². The second-order valence-electron chi connectivity index (χ2n) is 7.97. The molecule has 0 radical (unpaired) electrons. The van der Waals surface area contributed by atoms with Gasteiger partial charge in [-0.2, -0.15) is 13.2 Å². The number of hydrogen-bond acceptors (Lipinski definition) is 5. The van der Waals surface area contributed by atoms with Crippen LogP contribution in [-0.4, -0.2) is 48.6 Å².